The van der Waals surface area contributed by atoms with Crippen molar-refractivity contribution in [3.05, 3.63) is 64.7 Å². The normalized spacial score (nSPS) is 10.3. The zero-order valence-corrected chi connectivity index (χ0v) is 16.2. The highest BCUT2D eigenvalue weighted by atomic mass is 32.1. The number of aromatic nitrogens is 1. The average molecular weight is 383 g/mol. The maximum atomic E-state index is 12.3. The number of amides is 1. The van der Waals surface area contributed by atoms with Crippen LogP contribution in [0, 0.1) is 6.92 Å². The predicted molar refractivity (Wildman–Crippen MR) is 107 cm³/mol. The molecule has 1 heterocycles. The van der Waals surface area contributed by atoms with E-state index in [1.54, 1.807) is 19.6 Å². The zero-order valence-electron chi connectivity index (χ0n) is 15.4. The summed E-state index contributed by atoms with van der Waals surface area (Å²) in [5.74, 6) is 1.29. The number of ether oxygens (including phenoxy) is 2. The van der Waals surface area contributed by atoms with E-state index in [1.807, 2.05) is 49.4 Å². The number of carbonyl (C=O) groups is 1. The number of hydrogen-bond acceptors (Lipinski definition) is 6. The fraction of sp³-hybridized carbons (Fsp3) is 0.200. The lowest BCUT2D eigenvalue weighted by molar-refractivity contribution is 0.0946. The summed E-state index contributed by atoms with van der Waals surface area (Å²) in [5, 5.41) is 8.45. The molecule has 27 heavy (non-hydrogen) atoms. The van der Waals surface area contributed by atoms with Crippen LogP contribution in [0.5, 0.6) is 11.5 Å². The Morgan fingerprint density at radius 3 is 2.59 bits per heavy atom. The maximum absolute atomic E-state index is 12.3. The number of nitrogens with one attached hydrogen (secondary N) is 2. The Morgan fingerprint density at radius 2 is 1.89 bits per heavy atom. The Bertz CT molecular complexity index is 922. The number of carbonyl (C=O) groups excluding carboxylic acids is 1. The molecule has 0 bridgehead atoms. The molecule has 1 aromatic heterocycles. The van der Waals surface area contributed by atoms with E-state index in [1.165, 1.54) is 11.3 Å². The van der Waals surface area contributed by atoms with Gasteiger partial charge in [-0.05, 0) is 42.3 Å². The smallest absolute Gasteiger partial charge is 0.271 e. The van der Waals surface area contributed by atoms with Gasteiger partial charge in [0.1, 0.15) is 17.2 Å². The number of methoxy groups -OCH3 is 2. The van der Waals surface area contributed by atoms with Gasteiger partial charge in [-0.1, -0.05) is 18.2 Å². The molecule has 3 rings (SSSR count). The molecular formula is C20H21N3O3S. The van der Waals surface area contributed by atoms with Crippen LogP contribution in [0.25, 0.3) is 0 Å². The average Bonchev–Trinajstić information content (AvgIpc) is 3.15. The summed E-state index contributed by atoms with van der Waals surface area (Å²) in [6.45, 7) is 2.43. The van der Waals surface area contributed by atoms with Gasteiger partial charge < -0.3 is 20.1 Å². The van der Waals surface area contributed by atoms with E-state index in [9.17, 15) is 4.79 Å². The molecule has 3 aromatic rings. The SMILES string of the molecule is COc1ccc(CNC(=O)c2csc(Nc3cc(C)ccc3OC)n2)cc1. The quantitative estimate of drug-likeness (QED) is 0.641. The number of anilines is 2. The highest BCUT2D eigenvalue weighted by molar-refractivity contribution is 7.14. The summed E-state index contributed by atoms with van der Waals surface area (Å²) in [5.41, 5.74) is 3.29. The van der Waals surface area contributed by atoms with Crippen LogP contribution in [0.3, 0.4) is 0 Å². The van der Waals surface area contributed by atoms with Gasteiger partial charge in [-0.25, -0.2) is 4.98 Å². The van der Waals surface area contributed by atoms with Crippen LogP contribution < -0.4 is 20.1 Å². The van der Waals surface area contributed by atoms with E-state index in [0.717, 1.165) is 28.3 Å². The molecule has 0 aliphatic heterocycles. The fourth-order valence-electron chi connectivity index (χ4n) is 2.49. The van der Waals surface area contributed by atoms with Crippen LogP contribution in [-0.2, 0) is 6.54 Å². The Kier molecular flexibility index (Phi) is 5.93. The van der Waals surface area contributed by atoms with Crippen LogP contribution in [0.2, 0.25) is 0 Å². The lowest BCUT2D eigenvalue weighted by Crippen LogP contribution is -2.23. The fourth-order valence-corrected chi connectivity index (χ4v) is 3.19. The molecule has 0 atom stereocenters. The maximum Gasteiger partial charge on any atom is 0.271 e. The van der Waals surface area contributed by atoms with Crippen molar-refractivity contribution in [2.75, 3.05) is 19.5 Å². The molecular weight excluding hydrogens is 362 g/mol. The topological polar surface area (TPSA) is 72.5 Å². The molecule has 6 nitrogen and oxygen atoms in total. The summed E-state index contributed by atoms with van der Waals surface area (Å²) >= 11 is 1.37. The third-order valence-electron chi connectivity index (χ3n) is 3.95. The first-order chi connectivity index (χ1) is 13.1. The summed E-state index contributed by atoms with van der Waals surface area (Å²) in [6, 6.07) is 13.4. The van der Waals surface area contributed by atoms with E-state index in [4.69, 9.17) is 9.47 Å². The molecule has 0 saturated carbocycles. The Balaban J connectivity index is 1.62. The summed E-state index contributed by atoms with van der Waals surface area (Å²) in [7, 11) is 3.24. The van der Waals surface area contributed by atoms with Gasteiger partial charge in [-0.2, -0.15) is 0 Å². The van der Waals surface area contributed by atoms with E-state index in [0.29, 0.717) is 17.4 Å². The van der Waals surface area contributed by atoms with Gasteiger partial charge in [0.2, 0.25) is 0 Å². The second kappa shape index (κ2) is 8.55. The van der Waals surface area contributed by atoms with E-state index in [-0.39, 0.29) is 5.91 Å². The van der Waals surface area contributed by atoms with Crippen molar-refractivity contribution in [3.8, 4) is 11.5 Å². The first-order valence-corrected chi connectivity index (χ1v) is 9.25. The van der Waals surface area contributed by atoms with Crippen molar-refractivity contribution >= 4 is 28.1 Å². The van der Waals surface area contributed by atoms with E-state index < -0.39 is 0 Å². The van der Waals surface area contributed by atoms with Crippen molar-refractivity contribution in [1.29, 1.82) is 0 Å². The van der Waals surface area contributed by atoms with Gasteiger partial charge in [0.05, 0.1) is 19.9 Å². The molecule has 1 amide bonds. The summed E-state index contributed by atoms with van der Waals surface area (Å²) in [4.78, 5) is 16.7. The molecule has 2 aromatic carbocycles. The number of hydrogen-bond donors (Lipinski definition) is 2. The Hall–Kier alpha value is -3.06. The third kappa shape index (κ3) is 4.77. The van der Waals surface area contributed by atoms with Crippen LogP contribution in [0.15, 0.2) is 47.8 Å². The second-order valence-electron chi connectivity index (χ2n) is 5.90. The monoisotopic (exact) mass is 383 g/mol. The van der Waals surface area contributed by atoms with Gasteiger partial charge in [-0.15, -0.1) is 11.3 Å². The largest absolute Gasteiger partial charge is 0.497 e. The molecule has 2 N–H and O–H groups in total. The van der Waals surface area contributed by atoms with Crippen molar-refractivity contribution in [2.45, 2.75) is 13.5 Å². The van der Waals surface area contributed by atoms with Gasteiger partial charge >= 0.3 is 0 Å². The molecule has 0 aliphatic carbocycles. The van der Waals surface area contributed by atoms with Crippen molar-refractivity contribution in [3.63, 3.8) is 0 Å². The van der Waals surface area contributed by atoms with Crippen LogP contribution in [-0.4, -0.2) is 25.1 Å². The van der Waals surface area contributed by atoms with Crippen molar-refractivity contribution in [2.24, 2.45) is 0 Å². The first-order valence-electron chi connectivity index (χ1n) is 8.37. The summed E-state index contributed by atoms with van der Waals surface area (Å²) in [6.07, 6.45) is 0. The molecule has 7 heteroatoms. The second-order valence-corrected chi connectivity index (χ2v) is 6.76. The molecule has 0 fully saturated rings. The Labute approximate surface area is 162 Å². The predicted octanol–water partition coefficient (Wildman–Crippen LogP) is 4.14. The summed E-state index contributed by atoms with van der Waals surface area (Å²) < 4.78 is 10.5. The lowest BCUT2D eigenvalue weighted by Gasteiger charge is -2.09. The van der Waals surface area contributed by atoms with Crippen LogP contribution >= 0.6 is 11.3 Å². The highest BCUT2D eigenvalue weighted by Crippen LogP contribution is 2.30. The van der Waals surface area contributed by atoms with Crippen molar-refractivity contribution < 1.29 is 14.3 Å². The highest BCUT2D eigenvalue weighted by Gasteiger charge is 2.12. The molecule has 0 saturated heterocycles. The van der Waals surface area contributed by atoms with Crippen LogP contribution in [0.1, 0.15) is 21.6 Å². The minimum absolute atomic E-state index is 0.216. The third-order valence-corrected chi connectivity index (χ3v) is 4.70. The molecule has 0 aliphatic rings. The Morgan fingerprint density at radius 1 is 1.11 bits per heavy atom. The van der Waals surface area contributed by atoms with Gasteiger partial charge in [0.15, 0.2) is 5.13 Å². The number of benzene rings is 2. The van der Waals surface area contributed by atoms with E-state index in [2.05, 4.69) is 15.6 Å². The zero-order chi connectivity index (χ0) is 19.2. The minimum atomic E-state index is -0.216. The lowest BCUT2D eigenvalue weighted by atomic mass is 10.2. The standard InChI is InChI=1S/C20H21N3O3S/c1-13-4-9-18(26-3)16(10-13)22-20-23-17(12-27-20)19(24)21-11-14-5-7-15(25-2)8-6-14/h4-10,12H,11H2,1-3H3,(H,21,24)(H,22,23). The van der Waals surface area contributed by atoms with Gasteiger partial charge in [-0.3, -0.25) is 4.79 Å². The molecule has 0 spiro atoms. The first kappa shape index (κ1) is 18.7. The number of nitrogens with zero attached hydrogens (tertiary/aromatic N) is 1. The number of thiazole rings is 1. The van der Waals surface area contributed by atoms with Gasteiger partial charge in [0, 0.05) is 11.9 Å². The molecule has 0 unspecified atom stereocenters. The van der Waals surface area contributed by atoms with Crippen molar-refractivity contribution in [1.82, 2.24) is 10.3 Å². The number of rotatable bonds is 7. The minimum Gasteiger partial charge on any atom is -0.497 e. The van der Waals surface area contributed by atoms with E-state index >= 15 is 0 Å². The van der Waals surface area contributed by atoms with Crippen LogP contribution in [0.4, 0.5) is 10.8 Å². The number of aryl methyl sites for hydroxylation is 1. The molecule has 0 radical (unpaired) electrons. The molecule has 140 valence electrons. The van der Waals surface area contributed by atoms with Gasteiger partial charge in [0.25, 0.3) is 5.91 Å².